The van der Waals surface area contributed by atoms with E-state index in [1.807, 2.05) is 76.5 Å². The lowest BCUT2D eigenvalue weighted by molar-refractivity contribution is -0.130. The Balaban J connectivity index is 1.12. The van der Waals surface area contributed by atoms with E-state index in [4.69, 9.17) is 4.74 Å². The molecule has 2 aliphatic rings. The summed E-state index contributed by atoms with van der Waals surface area (Å²) in [5.74, 6) is 1.57. The molecule has 1 atom stereocenters. The summed E-state index contributed by atoms with van der Waals surface area (Å²) in [6.07, 6.45) is 6.46. The number of carbonyl (C=O) groups is 3. The van der Waals surface area contributed by atoms with Gasteiger partial charge in [0.05, 0.1) is 0 Å². The van der Waals surface area contributed by atoms with Crippen LogP contribution in [-0.2, 0) is 20.7 Å². The second-order valence-electron chi connectivity index (χ2n) is 15.4. The van der Waals surface area contributed by atoms with Crippen LogP contribution in [0.3, 0.4) is 0 Å². The van der Waals surface area contributed by atoms with Gasteiger partial charge in [-0.3, -0.25) is 14.7 Å². The molecule has 2 fully saturated rings. The van der Waals surface area contributed by atoms with E-state index < -0.39 is 17.7 Å². The highest BCUT2D eigenvalue weighted by atomic mass is 16.6. The summed E-state index contributed by atoms with van der Waals surface area (Å²) in [7, 11) is 2.12. The summed E-state index contributed by atoms with van der Waals surface area (Å²) in [4.78, 5) is 58.0. The van der Waals surface area contributed by atoms with Crippen molar-refractivity contribution in [3.05, 3.63) is 72.3 Å². The third kappa shape index (κ3) is 10.6. The summed E-state index contributed by atoms with van der Waals surface area (Å²) in [6, 6.07) is 14.4. The fourth-order valence-corrected chi connectivity index (χ4v) is 6.83. The second kappa shape index (κ2) is 17.2. The first-order chi connectivity index (χ1) is 25.9. The predicted octanol–water partition coefficient (Wildman–Crippen LogP) is 4.99. The number of amides is 3. The summed E-state index contributed by atoms with van der Waals surface area (Å²) in [5.41, 5.74) is 3.55. The number of nitrogens with one attached hydrogen (secondary N) is 4. The Kier molecular flexibility index (Phi) is 12.2. The van der Waals surface area contributed by atoms with Crippen LogP contribution in [0.2, 0.25) is 0 Å². The standard InChI is InChI=1S/C40H52N10O4/c1-26-44-35(48-47-26)29-13-15-33(16-14-29)45-37(52)34(46-36(51)30-11-9-27(10-12-30)23-43-39(53)54-40(2,3)4)22-28-7-6-8-31(21-28)32-24-41-38(42-25-32)50-19-17-49(5)18-20-50/h6-8,13-16,21,24-25,27,30,34H,9-12,17-20,22-23H2,1-5H3,(H,43,53)(H,45,52)(H,46,51)(H,44,47,48). The molecule has 4 aromatic rings. The van der Waals surface area contributed by atoms with Crippen molar-refractivity contribution in [2.45, 2.75) is 71.4 Å². The molecule has 14 heteroatoms. The number of hydrogen-bond donors (Lipinski definition) is 4. The van der Waals surface area contributed by atoms with Gasteiger partial charge in [0, 0.05) is 74.3 Å². The zero-order chi connectivity index (χ0) is 38.2. The number of likely N-dealkylation sites (N-methyl/N-ethyl adjacent to an activating group) is 1. The van der Waals surface area contributed by atoms with E-state index in [-0.39, 0.29) is 30.1 Å². The van der Waals surface area contributed by atoms with Crippen LogP contribution >= 0.6 is 0 Å². The molecule has 0 bridgehead atoms. The monoisotopic (exact) mass is 736 g/mol. The van der Waals surface area contributed by atoms with Gasteiger partial charge in [-0.25, -0.2) is 19.7 Å². The summed E-state index contributed by atoms with van der Waals surface area (Å²) >= 11 is 0. The van der Waals surface area contributed by atoms with Crippen LogP contribution in [0, 0.1) is 18.8 Å². The Morgan fingerprint density at radius 2 is 1.63 bits per heavy atom. The Hall–Kier alpha value is -5.37. The fraction of sp³-hybridized carbons (Fsp3) is 0.475. The third-order valence-electron chi connectivity index (χ3n) is 9.92. The van der Waals surface area contributed by atoms with Crippen LogP contribution in [0.25, 0.3) is 22.5 Å². The maximum atomic E-state index is 13.9. The van der Waals surface area contributed by atoms with Gasteiger partial charge in [0.2, 0.25) is 17.8 Å². The van der Waals surface area contributed by atoms with Crippen molar-refractivity contribution in [1.29, 1.82) is 0 Å². The number of rotatable bonds is 11. The van der Waals surface area contributed by atoms with Crippen LogP contribution in [0.4, 0.5) is 16.4 Å². The molecule has 14 nitrogen and oxygen atoms in total. The number of piperazine rings is 1. The van der Waals surface area contributed by atoms with Crippen molar-refractivity contribution in [3.63, 3.8) is 0 Å². The number of carbonyl (C=O) groups excluding carboxylic acids is 3. The highest BCUT2D eigenvalue weighted by Gasteiger charge is 2.30. The summed E-state index contributed by atoms with van der Waals surface area (Å²) < 4.78 is 5.37. The first-order valence-electron chi connectivity index (χ1n) is 18.8. The summed E-state index contributed by atoms with van der Waals surface area (Å²) in [5, 5.41) is 16.0. The second-order valence-corrected chi connectivity index (χ2v) is 15.4. The molecular formula is C40H52N10O4. The maximum absolute atomic E-state index is 13.9. The first-order valence-corrected chi connectivity index (χ1v) is 18.8. The zero-order valence-corrected chi connectivity index (χ0v) is 31.9. The molecule has 1 saturated heterocycles. The van der Waals surface area contributed by atoms with Crippen LogP contribution in [0.1, 0.15) is 57.8 Å². The molecule has 2 aromatic heterocycles. The largest absolute Gasteiger partial charge is 0.444 e. The van der Waals surface area contributed by atoms with Gasteiger partial charge in [-0.2, -0.15) is 5.10 Å². The van der Waals surface area contributed by atoms with Crippen LogP contribution in [-0.4, -0.2) is 99.4 Å². The highest BCUT2D eigenvalue weighted by molar-refractivity contribution is 5.97. The van der Waals surface area contributed by atoms with E-state index in [2.05, 4.69) is 57.9 Å². The van der Waals surface area contributed by atoms with Gasteiger partial charge in [-0.05, 0) is 102 Å². The van der Waals surface area contributed by atoms with Gasteiger partial charge in [-0.1, -0.05) is 24.3 Å². The van der Waals surface area contributed by atoms with Gasteiger partial charge in [0.1, 0.15) is 17.5 Å². The number of H-pyrrole nitrogens is 1. The number of aryl methyl sites for hydroxylation is 1. The quantitative estimate of drug-likeness (QED) is 0.165. The fourth-order valence-electron chi connectivity index (χ4n) is 6.83. The van der Waals surface area contributed by atoms with Crippen LogP contribution in [0.15, 0.2) is 60.9 Å². The number of hydrogen-bond acceptors (Lipinski definition) is 10. The molecular weight excluding hydrogens is 685 g/mol. The normalized spacial score (nSPS) is 18.4. The molecule has 54 heavy (non-hydrogen) atoms. The molecule has 0 radical (unpaired) electrons. The van der Waals surface area contributed by atoms with Crippen LogP contribution < -0.4 is 20.9 Å². The Bertz CT molecular complexity index is 1870. The lowest BCUT2D eigenvalue weighted by Gasteiger charge is -2.32. The van der Waals surface area contributed by atoms with Crippen molar-refractivity contribution in [2.24, 2.45) is 11.8 Å². The Labute approximate surface area is 316 Å². The molecule has 1 aliphatic carbocycles. The average Bonchev–Trinajstić information content (AvgIpc) is 3.60. The number of alkyl carbamates (subject to hydrolysis) is 1. The third-order valence-corrected chi connectivity index (χ3v) is 9.92. The number of aromatic amines is 1. The minimum Gasteiger partial charge on any atom is -0.444 e. The van der Waals surface area contributed by atoms with Crippen molar-refractivity contribution in [3.8, 4) is 22.5 Å². The molecule has 286 valence electrons. The van der Waals surface area contributed by atoms with Gasteiger partial charge < -0.3 is 30.5 Å². The molecule has 2 aromatic carbocycles. The van der Waals surface area contributed by atoms with E-state index in [9.17, 15) is 14.4 Å². The van der Waals surface area contributed by atoms with Gasteiger partial charge >= 0.3 is 6.09 Å². The molecule has 1 unspecified atom stereocenters. The predicted molar refractivity (Wildman–Crippen MR) is 208 cm³/mol. The number of aromatic nitrogens is 5. The summed E-state index contributed by atoms with van der Waals surface area (Å²) in [6.45, 7) is 11.6. The van der Waals surface area contributed by atoms with Crippen molar-refractivity contribution in [1.82, 2.24) is 40.7 Å². The lowest BCUT2D eigenvalue weighted by atomic mass is 9.81. The van der Waals surface area contributed by atoms with Gasteiger partial charge in [0.25, 0.3) is 0 Å². The molecule has 4 N–H and O–H groups in total. The van der Waals surface area contributed by atoms with E-state index in [0.717, 1.165) is 67.2 Å². The number of anilines is 2. The number of nitrogens with zero attached hydrogens (tertiary/aromatic N) is 6. The van der Waals surface area contributed by atoms with E-state index in [1.165, 1.54) is 0 Å². The van der Waals surface area contributed by atoms with E-state index >= 15 is 0 Å². The molecule has 3 heterocycles. The Morgan fingerprint density at radius 3 is 2.28 bits per heavy atom. The number of ether oxygens (including phenoxy) is 1. The van der Waals surface area contributed by atoms with Crippen molar-refractivity contribution in [2.75, 3.05) is 50.0 Å². The van der Waals surface area contributed by atoms with E-state index in [1.54, 1.807) is 12.1 Å². The molecule has 1 aliphatic heterocycles. The van der Waals surface area contributed by atoms with Crippen molar-refractivity contribution >= 4 is 29.5 Å². The molecule has 3 amide bonds. The minimum atomic E-state index is -0.828. The van der Waals surface area contributed by atoms with E-state index in [0.29, 0.717) is 36.7 Å². The minimum absolute atomic E-state index is 0.145. The van der Waals surface area contributed by atoms with Gasteiger partial charge in [-0.15, -0.1) is 0 Å². The van der Waals surface area contributed by atoms with Crippen LogP contribution in [0.5, 0.6) is 0 Å². The maximum Gasteiger partial charge on any atom is 0.407 e. The average molecular weight is 737 g/mol. The smallest absolute Gasteiger partial charge is 0.407 e. The number of benzene rings is 2. The molecule has 6 rings (SSSR count). The molecule has 0 spiro atoms. The lowest BCUT2D eigenvalue weighted by Crippen LogP contribution is -2.48. The van der Waals surface area contributed by atoms with Crippen molar-refractivity contribution < 1.29 is 19.1 Å². The highest BCUT2D eigenvalue weighted by Crippen LogP contribution is 2.29. The topological polar surface area (TPSA) is 170 Å². The molecule has 1 saturated carbocycles. The zero-order valence-electron chi connectivity index (χ0n) is 31.9. The van der Waals surface area contributed by atoms with Gasteiger partial charge in [0.15, 0.2) is 5.82 Å². The Morgan fingerprint density at radius 1 is 0.926 bits per heavy atom. The SMILES string of the molecule is Cc1nc(-c2ccc(NC(=O)C(Cc3cccc(-c4cnc(N5CCN(C)CC5)nc4)c3)NC(=O)C3CCC(CNC(=O)OC(C)(C)C)CC3)cc2)n[nH]1. The first kappa shape index (κ1) is 38.4.